The molecule has 0 atom stereocenters. The fourth-order valence-corrected chi connectivity index (χ4v) is 2.35. The van der Waals surface area contributed by atoms with Crippen molar-refractivity contribution in [1.29, 1.82) is 0 Å². The molecule has 1 heterocycles. The summed E-state index contributed by atoms with van der Waals surface area (Å²) in [5.74, 6) is -0.541. The van der Waals surface area contributed by atoms with Crippen LogP contribution in [-0.4, -0.2) is 27.7 Å². The molecule has 0 aliphatic heterocycles. The normalized spacial score (nSPS) is 11.4. The van der Waals surface area contributed by atoms with Crippen LogP contribution in [0.2, 0.25) is 5.02 Å². The van der Waals surface area contributed by atoms with Crippen LogP contribution in [0.25, 0.3) is 5.69 Å². The smallest absolute Gasteiger partial charge is 0.309 e. The number of rotatable bonds is 3. The van der Waals surface area contributed by atoms with E-state index in [0.717, 1.165) is 12.1 Å². The SMILES string of the molecule is CN(C(=O)c1ncn(-c2ccc(C(F)(F)F)cc2)n1)c1ccc(Cl)cc1. The minimum Gasteiger partial charge on any atom is -0.309 e. The van der Waals surface area contributed by atoms with Gasteiger partial charge in [0.25, 0.3) is 5.91 Å². The minimum absolute atomic E-state index is 0.0812. The Morgan fingerprint density at radius 3 is 2.27 bits per heavy atom. The van der Waals surface area contributed by atoms with Crippen molar-refractivity contribution in [2.75, 3.05) is 11.9 Å². The second kappa shape index (κ2) is 6.80. The van der Waals surface area contributed by atoms with Crippen LogP contribution in [0.1, 0.15) is 16.2 Å². The third-order valence-corrected chi connectivity index (χ3v) is 3.91. The second-order valence-corrected chi connectivity index (χ2v) is 5.83. The predicted molar refractivity (Wildman–Crippen MR) is 90.5 cm³/mol. The van der Waals surface area contributed by atoms with Gasteiger partial charge in [0.15, 0.2) is 0 Å². The van der Waals surface area contributed by atoms with E-state index in [4.69, 9.17) is 11.6 Å². The van der Waals surface area contributed by atoms with Crippen LogP contribution in [0.15, 0.2) is 54.9 Å². The monoisotopic (exact) mass is 380 g/mol. The zero-order valence-corrected chi connectivity index (χ0v) is 14.2. The molecule has 0 unspecified atom stereocenters. The van der Waals surface area contributed by atoms with Crippen LogP contribution in [0.3, 0.4) is 0 Å². The highest BCUT2D eigenvalue weighted by atomic mass is 35.5. The van der Waals surface area contributed by atoms with Gasteiger partial charge in [-0.2, -0.15) is 13.2 Å². The lowest BCUT2D eigenvalue weighted by Gasteiger charge is -2.15. The first-order valence-corrected chi connectivity index (χ1v) is 7.76. The Bertz CT molecular complexity index is 920. The molecule has 0 saturated carbocycles. The van der Waals surface area contributed by atoms with Crippen LogP contribution in [0.4, 0.5) is 18.9 Å². The molecule has 9 heteroatoms. The largest absolute Gasteiger partial charge is 0.416 e. The van der Waals surface area contributed by atoms with E-state index in [2.05, 4.69) is 10.1 Å². The van der Waals surface area contributed by atoms with Crippen molar-refractivity contribution in [3.05, 3.63) is 71.3 Å². The maximum absolute atomic E-state index is 12.6. The van der Waals surface area contributed by atoms with Crippen LogP contribution >= 0.6 is 11.6 Å². The number of alkyl halides is 3. The summed E-state index contributed by atoms with van der Waals surface area (Å²) in [6.07, 6.45) is -3.14. The second-order valence-electron chi connectivity index (χ2n) is 5.40. The topological polar surface area (TPSA) is 51.0 Å². The van der Waals surface area contributed by atoms with Gasteiger partial charge in [-0.05, 0) is 48.5 Å². The zero-order chi connectivity index (χ0) is 18.9. The number of halogens is 4. The molecule has 1 amide bonds. The van der Waals surface area contributed by atoms with Crippen molar-refractivity contribution >= 4 is 23.2 Å². The molecular formula is C17H12ClF3N4O. The lowest BCUT2D eigenvalue weighted by atomic mass is 10.2. The van der Waals surface area contributed by atoms with Crippen LogP contribution < -0.4 is 4.90 Å². The van der Waals surface area contributed by atoms with Gasteiger partial charge >= 0.3 is 6.18 Å². The van der Waals surface area contributed by atoms with Gasteiger partial charge in [0.2, 0.25) is 5.82 Å². The number of nitrogens with zero attached hydrogens (tertiary/aromatic N) is 4. The van der Waals surface area contributed by atoms with Crippen molar-refractivity contribution in [2.24, 2.45) is 0 Å². The summed E-state index contributed by atoms with van der Waals surface area (Å²) in [5, 5.41) is 4.58. The zero-order valence-electron chi connectivity index (χ0n) is 13.4. The molecule has 0 aliphatic rings. The number of benzene rings is 2. The molecule has 134 valence electrons. The number of amides is 1. The van der Waals surface area contributed by atoms with E-state index < -0.39 is 17.6 Å². The number of aromatic nitrogens is 3. The summed E-state index contributed by atoms with van der Waals surface area (Å²) in [6, 6.07) is 11.0. The van der Waals surface area contributed by atoms with Gasteiger partial charge in [0, 0.05) is 17.8 Å². The molecule has 0 saturated heterocycles. The highest BCUT2D eigenvalue weighted by Gasteiger charge is 2.30. The van der Waals surface area contributed by atoms with Crippen LogP contribution in [-0.2, 0) is 6.18 Å². The van der Waals surface area contributed by atoms with E-state index in [9.17, 15) is 18.0 Å². The first kappa shape index (κ1) is 17.9. The molecule has 0 radical (unpaired) electrons. The minimum atomic E-state index is -4.41. The molecule has 0 N–H and O–H groups in total. The Morgan fingerprint density at radius 1 is 1.08 bits per heavy atom. The molecule has 5 nitrogen and oxygen atoms in total. The summed E-state index contributed by atoms with van der Waals surface area (Å²) >= 11 is 5.82. The Hall–Kier alpha value is -2.87. The van der Waals surface area contributed by atoms with Gasteiger partial charge in [-0.3, -0.25) is 4.79 Å². The number of carbonyl (C=O) groups is 1. The number of hydrogen-bond donors (Lipinski definition) is 0. The summed E-state index contributed by atoms with van der Waals surface area (Å²) in [6.45, 7) is 0. The maximum Gasteiger partial charge on any atom is 0.416 e. The molecule has 0 fully saturated rings. The fraction of sp³-hybridized carbons (Fsp3) is 0.118. The summed E-state index contributed by atoms with van der Waals surface area (Å²) in [5.41, 5.74) is 0.198. The van der Waals surface area contributed by atoms with E-state index in [1.54, 1.807) is 31.3 Å². The van der Waals surface area contributed by atoms with Crippen molar-refractivity contribution in [3.63, 3.8) is 0 Å². The highest BCUT2D eigenvalue weighted by molar-refractivity contribution is 6.30. The van der Waals surface area contributed by atoms with Gasteiger partial charge in [-0.15, -0.1) is 5.10 Å². The summed E-state index contributed by atoms with van der Waals surface area (Å²) in [4.78, 5) is 17.8. The van der Waals surface area contributed by atoms with Crippen molar-refractivity contribution in [2.45, 2.75) is 6.18 Å². The molecule has 1 aromatic heterocycles. The average molecular weight is 381 g/mol. The van der Waals surface area contributed by atoms with Gasteiger partial charge < -0.3 is 4.90 Å². The Balaban J connectivity index is 1.80. The lowest BCUT2D eigenvalue weighted by molar-refractivity contribution is -0.137. The van der Waals surface area contributed by atoms with Gasteiger partial charge in [-0.1, -0.05) is 11.6 Å². The molecule has 3 rings (SSSR count). The maximum atomic E-state index is 12.6. The number of anilines is 1. The van der Waals surface area contributed by atoms with E-state index in [-0.39, 0.29) is 5.82 Å². The molecular weight excluding hydrogens is 369 g/mol. The highest BCUT2D eigenvalue weighted by Crippen LogP contribution is 2.29. The number of carbonyl (C=O) groups excluding carboxylic acids is 1. The first-order valence-electron chi connectivity index (χ1n) is 7.38. The predicted octanol–water partition coefficient (Wildman–Crippen LogP) is 4.22. The quantitative estimate of drug-likeness (QED) is 0.683. The van der Waals surface area contributed by atoms with E-state index in [0.29, 0.717) is 16.4 Å². The Morgan fingerprint density at radius 2 is 1.69 bits per heavy atom. The first-order chi connectivity index (χ1) is 12.3. The molecule has 0 aliphatic carbocycles. The van der Waals surface area contributed by atoms with Crippen molar-refractivity contribution in [1.82, 2.24) is 14.8 Å². The lowest BCUT2D eigenvalue weighted by Crippen LogP contribution is -2.27. The van der Waals surface area contributed by atoms with Crippen molar-refractivity contribution in [3.8, 4) is 5.69 Å². The summed E-state index contributed by atoms with van der Waals surface area (Å²) in [7, 11) is 1.56. The van der Waals surface area contributed by atoms with Gasteiger partial charge in [-0.25, -0.2) is 9.67 Å². The fourth-order valence-electron chi connectivity index (χ4n) is 2.22. The molecule has 2 aromatic carbocycles. The Labute approximate surface area is 151 Å². The summed E-state index contributed by atoms with van der Waals surface area (Å²) < 4.78 is 39.1. The molecule has 26 heavy (non-hydrogen) atoms. The van der Waals surface area contributed by atoms with Crippen LogP contribution in [0, 0.1) is 0 Å². The van der Waals surface area contributed by atoms with Gasteiger partial charge in [0.1, 0.15) is 6.33 Å². The van der Waals surface area contributed by atoms with E-state index in [1.807, 2.05) is 0 Å². The molecule has 0 bridgehead atoms. The Kier molecular flexibility index (Phi) is 4.69. The van der Waals surface area contributed by atoms with Gasteiger partial charge in [0.05, 0.1) is 11.3 Å². The standard InChI is InChI=1S/C17H12ClF3N4O/c1-24(13-8-4-12(18)5-9-13)16(26)15-22-10-25(23-15)14-6-2-11(3-7-14)17(19,20)21/h2-10H,1H3. The van der Waals surface area contributed by atoms with E-state index >= 15 is 0 Å². The third-order valence-electron chi connectivity index (χ3n) is 3.66. The molecule has 3 aromatic rings. The third kappa shape index (κ3) is 3.70. The van der Waals surface area contributed by atoms with Crippen LogP contribution in [0.5, 0.6) is 0 Å². The average Bonchev–Trinajstić information content (AvgIpc) is 3.10. The van der Waals surface area contributed by atoms with Crippen molar-refractivity contribution < 1.29 is 18.0 Å². The van der Waals surface area contributed by atoms with E-state index in [1.165, 1.54) is 28.0 Å². The molecule has 0 spiro atoms. The number of hydrogen-bond acceptors (Lipinski definition) is 3.